The molecule has 0 aromatic heterocycles. The molecule has 1 aromatic carbocycles. The summed E-state index contributed by atoms with van der Waals surface area (Å²) in [6, 6.07) is 8.25. The summed E-state index contributed by atoms with van der Waals surface area (Å²) in [5, 5.41) is 0. The molecule has 3 heteroatoms. The monoisotopic (exact) mass is 229 g/mol. The molecule has 12 heavy (non-hydrogen) atoms. The largest absolute Gasteiger partial charge is 0.305 e. The van der Waals surface area contributed by atoms with Gasteiger partial charge in [0.2, 0.25) is 0 Å². The third kappa shape index (κ3) is 3.34. The van der Waals surface area contributed by atoms with Crippen molar-refractivity contribution >= 4 is 15.9 Å². The Morgan fingerprint density at radius 1 is 1.42 bits per heavy atom. The van der Waals surface area contributed by atoms with Gasteiger partial charge in [0.05, 0.1) is 6.61 Å². The molecule has 0 unspecified atom stereocenters. The Hall–Kier alpha value is -0.380. The molecule has 0 atom stereocenters. The van der Waals surface area contributed by atoms with Crippen LogP contribution in [0.5, 0.6) is 0 Å². The lowest BCUT2D eigenvalue weighted by Crippen LogP contribution is -2.01. The first-order valence-electron chi connectivity index (χ1n) is 3.89. The van der Waals surface area contributed by atoms with E-state index in [1.807, 2.05) is 12.1 Å². The maximum atomic E-state index is 4.91. The number of aryl methyl sites for hydroxylation is 1. The highest BCUT2D eigenvalue weighted by Crippen LogP contribution is 2.12. The fourth-order valence-corrected chi connectivity index (χ4v) is 1.50. The second-order valence-electron chi connectivity index (χ2n) is 2.60. The number of hydrogen-bond donors (Lipinski definition) is 1. The third-order valence-electron chi connectivity index (χ3n) is 1.62. The summed E-state index contributed by atoms with van der Waals surface area (Å²) in [5.41, 5.74) is 1.31. The number of nitrogens with two attached hydrogens (primary N) is 1. The van der Waals surface area contributed by atoms with Gasteiger partial charge in [-0.3, -0.25) is 0 Å². The van der Waals surface area contributed by atoms with Gasteiger partial charge in [0, 0.05) is 4.47 Å². The second-order valence-corrected chi connectivity index (χ2v) is 3.52. The normalized spacial score (nSPS) is 10.2. The van der Waals surface area contributed by atoms with E-state index in [9.17, 15) is 0 Å². The molecule has 0 aliphatic rings. The minimum Gasteiger partial charge on any atom is -0.305 e. The highest BCUT2D eigenvalue weighted by molar-refractivity contribution is 9.10. The SMILES string of the molecule is NOCCCc1cccc(Br)c1. The Labute approximate surface area is 80.8 Å². The molecule has 1 aromatic rings. The van der Waals surface area contributed by atoms with Crippen LogP contribution in [0.15, 0.2) is 28.7 Å². The van der Waals surface area contributed by atoms with Crippen LogP contribution in [-0.4, -0.2) is 6.61 Å². The molecule has 0 amide bonds. The first-order valence-corrected chi connectivity index (χ1v) is 4.68. The molecule has 0 spiro atoms. The van der Waals surface area contributed by atoms with E-state index in [1.165, 1.54) is 5.56 Å². The Balaban J connectivity index is 2.41. The number of benzene rings is 1. The zero-order chi connectivity index (χ0) is 8.81. The van der Waals surface area contributed by atoms with Crippen LogP contribution in [0, 0.1) is 0 Å². The molecule has 0 heterocycles. The summed E-state index contributed by atoms with van der Waals surface area (Å²) in [6.07, 6.45) is 1.98. The number of hydrogen-bond acceptors (Lipinski definition) is 2. The predicted molar refractivity (Wildman–Crippen MR) is 52.6 cm³/mol. The maximum Gasteiger partial charge on any atom is 0.0682 e. The highest BCUT2D eigenvalue weighted by Gasteiger charge is 1.93. The van der Waals surface area contributed by atoms with E-state index in [0.29, 0.717) is 6.61 Å². The smallest absolute Gasteiger partial charge is 0.0682 e. The maximum absolute atomic E-state index is 4.91. The van der Waals surface area contributed by atoms with Crippen LogP contribution in [0.25, 0.3) is 0 Å². The van der Waals surface area contributed by atoms with Crippen LogP contribution in [-0.2, 0) is 11.3 Å². The second kappa shape index (κ2) is 5.30. The van der Waals surface area contributed by atoms with Crippen LogP contribution in [0.2, 0.25) is 0 Å². The molecule has 0 saturated carbocycles. The Morgan fingerprint density at radius 3 is 2.92 bits per heavy atom. The zero-order valence-corrected chi connectivity index (χ0v) is 8.38. The van der Waals surface area contributed by atoms with Gasteiger partial charge in [0.25, 0.3) is 0 Å². The van der Waals surface area contributed by atoms with Crippen molar-refractivity contribution in [2.45, 2.75) is 12.8 Å². The van der Waals surface area contributed by atoms with Crippen molar-refractivity contribution in [2.24, 2.45) is 5.90 Å². The minimum absolute atomic E-state index is 0.618. The van der Waals surface area contributed by atoms with Crippen LogP contribution < -0.4 is 5.90 Å². The summed E-state index contributed by atoms with van der Waals surface area (Å²) in [6.45, 7) is 0.618. The average molecular weight is 230 g/mol. The first-order chi connectivity index (χ1) is 5.83. The lowest BCUT2D eigenvalue weighted by Gasteiger charge is -2.00. The molecule has 66 valence electrons. The molecule has 0 aliphatic heterocycles. The molecule has 0 radical (unpaired) electrons. The van der Waals surface area contributed by atoms with Gasteiger partial charge < -0.3 is 4.84 Å². The van der Waals surface area contributed by atoms with Gasteiger partial charge in [-0.05, 0) is 30.5 Å². The molecule has 2 N–H and O–H groups in total. The summed E-state index contributed by atoms with van der Waals surface area (Å²) < 4.78 is 1.12. The lowest BCUT2D eigenvalue weighted by atomic mass is 10.1. The lowest BCUT2D eigenvalue weighted by molar-refractivity contribution is 0.135. The van der Waals surface area contributed by atoms with Gasteiger partial charge in [0.15, 0.2) is 0 Å². The van der Waals surface area contributed by atoms with Crippen molar-refractivity contribution in [1.82, 2.24) is 0 Å². The number of halogens is 1. The van der Waals surface area contributed by atoms with Gasteiger partial charge >= 0.3 is 0 Å². The molecule has 0 saturated heterocycles. The van der Waals surface area contributed by atoms with Crippen molar-refractivity contribution in [2.75, 3.05) is 6.61 Å². The Morgan fingerprint density at radius 2 is 2.25 bits per heavy atom. The van der Waals surface area contributed by atoms with Crippen molar-refractivity contribution < 1.29 is 4.84 Å². The van der Waals surface area contributed by atoms with Gasteiger partial charge in [-0.15, -0.1) is 0 Å². The van der Waals surface area contributed by atoms with E-state index in [0.717, 1.165) is 17.3 Å². The molecule has 1 rings (SSSR count). The highest BCUT2D eigenvalue weighted by atomic mass is 79.9. The molecule has 2 nitrogen and oxygen atoms in total. The average Bonchev–Trinajstić information content (AvgIpc) is 2.05. The topological polar surface area (TPSA) is 35.2 Å². The first kappa shape index (κ1) is 9.71. The van der Waals surface area contributed by atoms with Gasteiger partial charge in [-0.25, -0.2) is 5.90 Å². The summed E-state index contributed by atoms with van der Waals surface area (Å²) >= 11 is 3.42. The van der Waals surface area contributed by atoms with Crippen molar-refractivity contribution in [3.05, 3.63) is 34.3 Å². The van der Waals surface area contributed by atoms with E-state index >= 15 is 0 Å². The quantitative estimate of drug-likeness (QED) is 0.636. The molecular weight excluding hydrogens is 218 g/mol. The summed E-state index contributed by atoms with van der Waals surface area (Å²) in [7, 11) is 0. The van der Waals surface area contributed by atoms with Gasteiger partial charge in [0.1, 0.15) is 0 Å². The Bertz CT molecular complexity index is 240. The van der Waals surface area contributed by atoms with Crippen molar-refractivity contribution in [1.29, 1.82) is 0 Å². The van der Waals surface area contributed by atoms with Crippen LogP contribution in [0.1, 0.15) is 12.0 Å². The molecule has 0 bridgehead atoms. The summed E-state index contributed by atoms with van der Waals surface area (Å²) in [4.78, 5) is 4.48. The van der Waals surface area contributed by atoms with E-state index in [-0.39, 0.29) is 0 Å². The third-order valence-corrected chi connectivity index (χ3v) is 2.11. The Kier molecular flexibility index (Phi) is 4.29. The van der Waals surface area contributed by atoms with E-state index < -0.39 is 0 Å². The van der Waals surface area contributed by atoms with E-state index in [1.54, 1.807) is 0 Å². The van der Waals surface area contributed by atoms with Crippen LogP contribution in [0.3, 0.4) is 0 Å². The molecule has 0 aliphatic carbocycles. The standard InChI is InChI=1S/C9H12BrNO/c10-9-5-1-3-8(7-9)4-2-6-12-11/h1,3,5,7H,2,4,6,11H2. The summed E-state index contributed by atoms with van der Waals surface area (Å²) in [5.74, 6) is 4.91. The minimum atomic E-state index is 0.618. The van der Waals surface area contributed by atoms with Gasteiger partial charge in [-0.1, -0.05) is 28.1 Å². The fourth-order valence-electron chi connectivity index (χ4n) is 1.05. The molecule has 0 fully saturated rings. The van der Waals surface area contributed by atoms with Crippen molar-refractivity contribution in [3.8, 4) is 0 Å². The van der Waals surface area contributed by atoms with Crippen molar-refractivity contribution in [3.63, 3.8) is 0 Å². The fraction of sp³-hybridized carbons (Fsp3) is 0.333. The van der Waals surface area contributed by atoms with Crippen LogP contribution >= 0.6 is 15.9 Å². The molecular formula is C9H12BrNO. The van der Waals surface area contributed by atoms with E-state index in [2.05, 4.69) is 32.9 Å². The van der Waals surface area contributed by atoms with Gasteiger partial charge in [-0.2, -0.15) is 0 Å². The van der Waals surface area contributed by atoms with Crippen LogP contribution in [0.4, 0.5) is 0 Å². The zero-order valence-electron chi connectivity index (χ0n) is 6.79. The number of rotatable bonds is 4. The predicted octanol–water partition coefficient (Wildman–Crippen LogP) is 2.27. The van der Waals surface area contributed by atoms with E-state index in [4.69, 9.17) is 5.90 Å².